The summed E-state index contributed by atoms with van der Waals surface area (Å²) in [7, 11) is 1.59. The minimum absolute atomic E-state index is 0.00383. The van der Waals surface area contributed by atoms with Crippen molar-refractivity contribution in [1.29, 1.82) is 5.26 Å². The highest BCUT2D eigenvalue weighted by Gasteiger charge is 2.33. The molecular weight excluding hydrogens is 281 g/mol. The van der Waals surface area contributed by atoms with E-state index >= 15 is 0 Å². The van der Waals surface area contributed by atoms with Gasteiger partial charge in [0.15, 0.2) is 0 Å². The number of anilines is 1. The summed E-state index contributed by atoms with van der Waals surface area (Å²) in [6.45, 7) is 0.325. The van der Waals surface area contributed by atoms with Gasteiger partial charge in [-0.1, -0.05) is 0 Å². The fraction of sp³-hybridized carbons (Fsp3) is 0.214. The maximum atomic E-state index is 12.7. The first-order valence-corrected chi connectivity index (χ1v) is 6.00. The van der Waals surface area contributed by atoms with Crippen molar-refractivity contribution in [1.82, 2.24) is 9.97 Å². The molecule has 0 aliphatic carbocycles. The largest absolute Gasteiger partial charge is 0.433 e. The number of halogens is 3. The molecular formula is C14H11F3N4. The van der Waals surface area contributed by atoms with Gasteiger partial charge in [-0.3, -0.25) is 4.98 Å². The maximum absolute atomic E-state index is 12.7. The number of hydrogen-bond acceptors (Lipinski definition) is 4. The van der Waals surface area contributed by atoms with Crippen LogP contribution in [0.2, 0.25) is 0 Å². The predicted octanol–water partition coefficient (Wildman–Crippen LogP) is 3.00. The van der Waals surface area contributed by atoms with E-state index in [-0.39, 0.29) is 11.4 Å². The van der Waals surface area contributed by atoms with Gasteiger partial charge < -0.3 is 4.90 Å². The molecule has 0 aliphatic rings. The molecule has 0 atom stereocenters. The molecule has 0 saturated heterocycles. The van der Waals surface area contributed by atoms with Crippen LogP contribution in [0.1, 0.15) is 16.8 Å². The number of aromatic nitrogens is 2. The molecule has 0 unspecified atom stereocenters. The zero-order valence-electron chi connectivity index (χ0n) is 11.1. The van der Waals surface area contributed by atoms with Crippen molar-refractivity contribution in [2.75, 3.05) is 11.9 Å². The number of pyridine rings is 2. The summed E-state index contributed by atoms with van der Waals surface area (Å²) in [6, 6.07) is 7.29. The van der Waals surface area contributed by atoms with Crippen molar-refractivity contribution in [3.8, 4) is 6.07 Å². The van der Waals surface area contributed by atoms with E-state index in [1.165, 1.54) is 4.90 Å². The monoisotopic (exact) mass is 292 g/mol. The van der Waals surface area contributed by atoms with Gasteiger partial charge in [-0.2, -0.15) is 18.4 Å². The van der Waals surface area contributed by atoms with Gasteiger partial charge in [-0.15, -0.1) is 0 Å². The summed E-state index contributed by atoms with van der Waals surface area (Å²) in [5, 5.41) is 9.02. The van der Waals surface area contributed by atoms with Crippen LogP contribution in [-0.4, -0.2) is 17.0 Å². The molecule has 2 aromatic heterocycles. The second-order valence-electron chi connectivity index (χ2n) is 4.39. The third-order valence-electron chi connectivity index (χ3n) is 2.82. The average Bonchev–Trinajstić information content (AvgIpc) is 2.46. The van der Waals surface area contributed by atoms with Gasteiger partial charge >= 0.3 is 6.18 Å². The summed E-state index contributed by atoms with van der Waals surface area (Å²) >= 11 is 0. The van der Waals surface area contributed by atoms with E-state index in [9.17, 15) is 13.2 Å². The smallest absolute Gasteiger partial charge is 0.354 e. The molecule has 0 aliphatic heterocycles. The molecule has 0 N–H and O–H groups in total. The molecule has 2 aromatic rings. The fourth-order valence-corrected chi connectivity index (χ4v) is 1.82. The molecule has 7 heteroatoms. The minimum Gasteiger partial charge on any atom is -0.354 e. The van der Waals surface area contributed by atoms with Crippen LogP contribution in [0.25, 0.3) is 0 Å². The Hall–Kier alpha value is -2.62. The summed E-state index contributed by atoms with van der Waals surface area (Å²) in [4.78, 5) is 8.95. The Balaban J connectivity index is 2.35. The Morgan fingerprint density at radius 2 is 1.86 bits per heavy atom. The van der Waals surface area contributed by atoms with Crippen LogP contribution in [0.15, 0.2) is 36.7 Å². The Morgan fingerprint density at radius 1 is 1.19 bits per heavy atom. The number of hydrogen-bond donors (Lipinski definition) is 0. The lowest BCUT2D eigenvalue weighted by Gasteiger charge is -2.20. The zero-order valence-corrected chi connectivity index (χ0v) is 11.1. The van der Waals surface area contributed by atoms with E-state index in [0.29, 0.717) is 6.54 Å². The molecule has 0 spiro atoms. The van der Waals surface area contributed by atoms with E-state index in [1.807, 2.05) is 6.07 Å². The molecule has 0 aromatic carbocycles. The van der Waals surface area contributed by atoms with Gasteiger partial charge in [0.2, 0.25) is 0 Å². The maximum Gasteiger partial charge on any atom is 0.433 e. The molecule has 0 radical (unpaired) electrons. The van der Waals surface area contributed by atoms with Crippen LogP contribution in [0.3, 0.4) is 0 Å². The SMILES string of the molecule is CN(Cc1ccncc1)c1nc(C(F)(F)F)ccc1C#N. The van der Waals surface area contributed by atoms with Gasteiger partial charge in [-0.25, -0.2) is 4.98 Å². The van der Waals surface area contributed by atoms with Gasteiger partial charge in [-0.05, 0) is 29.8 Å². The molecule has 21 heavy (non-hydrogen) atoms. The van der Waals surface area contributed by atoms with Crippen molar-refractivity contribution in [2.45, 2.75) is 12.7 Å². The molecule has 4 nitrogen and oxygen atoms in total. The number of rotatable bonds is 3. The van der Waals surface area contributed by atoms with E-state index in [4.69, 9.17) is 5.26 Å². The molecule has 0 bridgehead atoms. The Labute approximate surface area is 119 Å². The van der Waals surface area contributed by atoms with Gasteiger partial charge in [0, 0.05) is 26.0 Å². The van der Waals surface area contributed by atoms with Crippen LogP contribution >= 0.6 is 0 Å². The molecule has 0 fully saturated rings. The molecule has 108 valence electrons. The van der Waals surface area contributed by atoms with Crippen LogP contribution in [-0.2, 0) is 12.7 Å². The van der Waals surface area contributed by atoms with E-state index in [2.05, 4.69) is 9.97 Å². The van der Waals surface area contributed by atoms with E-state index in [1.54, 1.807) is 31.6 Å². The first-order chi connectivity index (χ1) is 9.91. The van der Waals surface area contributed by atoms with E-state index < -0.39 is 11.9 Å². The van der Waals surface area contributed by atoms with Crippen molar-refractivity contribution in [2.24, 2.45) is 0 Å². The summed E-state index contributed by atoms with van der Waals surface area (Å²) in [6.07, 6.45) is -1.36. The highest BCUT2D eigenvalue weighted by molar-refractivity contribution is 5.54. The van der Waals surface area contributed by atoms with Gasteiger partial charge in [0.1, 0.15) is 17.6 Å². The first-order valence-electron chi connectivity index (χ1n) is 6.00. The first kappa shape index (κ1) is 14.8. The lowest BCUT2D eigenvalue weighted by Crippen LogP contribution is -2.21. The van der Waals surface area contributed by atoms with Crippen LogP contribution < -0.4 is 4.90 Å². The third-order valence-corrected chi connectivity index (χ3v) is 2.82. The van der Waals surface area contributed by atoms with Crippen molar-refractivity contribution in [3.05, 3.63) is 53.5 Å². The highest BCUT2D eigenvalue weighted by atomic mass is 19.4. The Kier molecular flexibility index (Phi) is 4.08. The predicted molar refractivity (Wildman–Crippen MR) is 70.3 cm³/mol. The van der Waals surface area contributed by atoms with Gasteiger partial charge in [0.25, 0.3) is 0 Å². The summed E-state index contributed by atoms with van der Waals surface area (Å²) < 4.78 is 38.2. The molecule has 2 heterocycles. The third kappa shape index (κ3) is 3.48. The van der Waals surface area contributed by atoms with Crippen molar-refractivity contribution in [3.63, 3.8) is 0 Å². The van der Waals surface area contributed by atoms with Gasteiger partial charge in [0.05, 0.1) is 5.56 Å². The molecule has 2 rings (SSSR count). The van der Waals surface area contributed by atoms with Crippen molar-refractivity contribution >= 4 is 5.82 Å². The lowest BCUT2D eigenvalue weighted by molar-refractivity contribution is -0.141. The standard InChI is InChI=1S/C14H11F3N4/c1-21(9-10-4-6-19-7-5-10)13-11(8-18)2-3-12(20-13)14(15,16)17/h2-7H,9H2,1H3. The second kappa shape index (κ2) is 5.79. The summed E-state index contributed by atoms with van der Waals surface area (Å²) in [5.41, 5.74) is -0.0618. The second-order valence-corrected chi connectivity index (χ2v) is 4.39. The Morgan fingerprint density at radius 3 is 2.43 bits per heavy atom. The molecule has 0 saturated carbocycles. The van der Waals surface area contributed by atoms with Crippen LogP contribution in [0.4, 0.5) is 19.0 Å². The lowest BCUT2D eigenvalue weighted by atomic mass is 10.2. The highest BCUT2D eigenvalue weighted by Crippen LogP contribution is 2.30. The minimum atomic E-state index is -4.54. The molecule has 0 amide bonds. The fourth-order valence-electron chi connectivity index (χ4n) is 1.82. The quantitative estimate of drug-likeness (QED) is 0.872. The normalized spacial score (nSPS) is 11.0. The Bertz CT molecular complexity index is 662. The summed E-state index contributed by atoms with van der Waals surface area (Å²) in [5.74, 6) is 0.00383. The van der Waals surface area contributed by atoms with Crippen LogP contribution in [0.5, 0.6) is 0 Å². The number of nitrogens with zero attached hydrogens (tertiary/aromatic N) is 4. The van der Waals surface area contributed by atoms with Crippen LogP contribution in [0, 0.1) is 11.3 Å². The van der Waals surface area contributed by atoms with E-state index in [0.717, 1.165) is 17.7 Å². The zero-order chi connectivity index (χ0) is 15.5. The number of alkyl halides is 3. The topological polar surface area (TPSA) is 52.8 Å². The number of nitriles is 1. The van der Waals surface area contributed by atoms with Crippen molar-refractivity contribution < 1.29 is 13.2 Å². The average molecular weight is 292 g/mol.